The summed E-state index contributed by atoms with van der Waals surface area (Å²) >= 11 is 0. The summed E-state index contributed by atoms with van der Waals surface area (Å²) < 4.78 is 0. The van der Waals surface area contributed by atoms with Crippen LogP contribution in [0.2, 0.25) is 0 Å². The summed E-state index contributed by atoms with van der Waals surface area (Å²) in [6, 6.07) is 7.37. The van der Waals surface area contributed by atoms with Gasteiger partial charge < -0.3 is 20.2 Å². The standard InChI is InChI=1S/C23H37N5O2.HI/c1-3-24-23(25-12-6-7-20-8-10-21(29)11-9-20)28-17-15-26(16-18-28)19(2)22(30)27-13-4-5-14-27;/h8-11,19,29H,3-7,12-18H2,1-2H3,(H,24,25);1H. The van der Waals surface area contributed by atoms with Gasteiger partial charge in [0.2, 0.25) is 5.91 Å². The molecular weight excluding hydrogens is 505 g/mol. The Balaban J connectivity index is 0.00000341. The summed E-state index contributed by atoms with van der Waals surface area (Å²) in [7, 11) is 0. The van der Waals surface area contributed by atoms with Crippen LogP contribution in [0.4, 0.5) is 0 Å². The number of hydrogen-bond acceptors (Lipinski definition) is 4. The van der Waals surface area contributed by atoms with Gasteiger partial charge in [-0.05, 0) is 57.2 Å². The van der Waals surface area contributed by atoms with Crippen LogP contribution >= 0.6 is 24.0 Å². The van der Waals surface area contributed by atoms with Crippen molar-refractivity contribution >= 4 is 35.8 Å². The highest BCUT2D eigenvalue weighted by atomic mass is 127. The summed E-state index contributed by atoms with van der Waals surface area (Å²) in [6.07, 6.45) is 4.21. The first kappa shape index (κ1) is 25.7. The molecule has 0 aromatic heterocycles. The lowest BCUT2D eigenvalue weighted by Crippen LogP contribution is -2.57. The molecule has 1 unspecified atom stereocenters. The smallest absolute Gasteiger partial charge is 0.239 e. The highest BCUT2D eigenvalue weighted by Gasteiger charge is 2.30. The third-order valence-electron chi connectivity index (χ3n) is 6.09. The maximum Gasteiger partial charge on any atom is 0.239 e. The van der Waals surface area contributed by atoms with E-state index in [4.69, 9.17) is 4.99 Å². The number of guanidine groups is 1. The Morgan fingerprint density at radius 2 is 1.71 bits per heavy atom. The van der Waals surface area contributed by atoms with Crippen molar-refractivity contribution in [3.05, 3.63) is 29.8 Å². The molecule has 1 aromatic carbocycles. The fraction of sp³-hybridized carbons (Fsp3) is 0.652. The topological polar surface area (TPSA) is 71.4 Å². The molecule has 0 radical (unpaired) electrons. The van der Waals surface area contributed by atoms with Crippen molar-refractivity contribution < 1.29 is 9.90 Å². The lowest BCUT2D eigenvalue weighted by atomic mass is 10.1. The molecule has 2 saturated heterocycles. The molecule has 1 atom stereocenters. The predicted octanol–water partition coefficient (Wildman–Crippen LogP) is 2.54. The van der Waals surface area contributed by atoms with Gasteiger partial charge >= 0.3 is 0 Å². The van der Waals surface area contributed by atoms with Crippen molar-refractivity contribution in [2.45, 2.75) is 45.6 Å². The van der Waals surface area contributed by atoms with Gasteiger partial charge in [-0.2, -0.15) is 0 Å². The van der Waals surface area contributed by atoms with E-state index in [0.29, 0.717) is 5.75 Å². The Hall–Kier alpha value is -1.55. The van der Waals surface area contributed by atoms with Gasteiger partial charge in [0.05, 0.1) is 6.04 Å². The van der Waals surface area contributed by atoms with Gasteiger partial charge in [0, 0.05) is 52.4 Å². The molecule has 2 heterocycles. The van der Waals surface area contributed by atoms with Crippen LogP contribution in [-0.2, 0) is 11.2 Å². The summed E-state index contributed by atoms with van der Waals surface area (Å²) in [6.45, 7) is 11.2. The second-order valence-electron chi connectivity index (χ2n) is 8.24. The molecule has 31 heavy (non-hydrogen) atoms. The van der Waals surface area contributed by atoms with Crippen LogP contribution in [0.1, 0.15) is 38.7 Å². The molecule has 174 valence electrons. The van der Waals surface area contributed by atoms with E-state index in [9.17, 15) is 9.90 Å². The Bertz CT molecular complexity index is 698. The molecule has 1 aromatic rings. The van der Waals surface area contributed by atoms with Crippen molar-refractivity contribution in [2.24, 2.45) is 4.99 Å². The van der Waals surface area contributed by atoms with E-state index < -0.39 is 0 Å². The average molecular weight is 543 g/mol. The lowest BCUT2D eigenvalue weighted by Gasteiger charge is -2.39. The number of benzene rings is 1. The zero-order chi connectivity index (χ0) is 21.3. The number of aryl methyl sites for hydroxylation is 1. The fourth-order valence-corrected chi connectivity index (χ4v) is 4.24. The minimum absolute atomic E-state index is 0. The van der Waals surface area contributed by atoms with Gasteiger partial charge in [-0.25, -0.2) is 0 Å². The SMILES string of the molecule is CCNC(=NCCCc1ccc(O)cc1)N1CCN(C(C)C(=O)N2CCCC2)CC1.I. The first-order valence-electron chi connectivity index (χ1n) is 11.4. The number of amides is 1. The van der Waals surface area contributed by atoms with E-state index in [0.717, 1.165) is 84.0 Å². The largest absolute Gasteiger partial charge is 0.508 e. The first-order valence-corrected chi connectivity index (χ1v) is 11.4. The predicted molar refractivity (Wildman–Crippen MR) is 136 cm³/mol. The molecule has 2 aliphatic heterocycles. The number of phenols is 1. The van der Waals surface area contributed by atoms with Crippen molar-refractivity contribution in [2.75, 3.05) is 52.4 Å². The van der Waals surface area contributed by atoms with Crippen molar-refractivity contribution in [1.29, 1.82) is 0 Å². The number of carbonyl (C=O) groups is 1. The van der Waals surface area contributed by atoms with Crippen LogP contribution in [0.15, 0.2) is 29.3 Å². The molecule has 0 saturated carbocycles. The molecule has 1 amide bonds. The third kappa shape index (κ3) is 7.52. The van der Waals surface area contributed by atoms with Gasteiger partial charge in [-0.15, -0.1) is 24.0 Å². The number of halogens is 1. The monoisotopic (exact) mass is 543 g/mol. The molecular formula is C23H38IN5O2. The summed E-state index contributed by atoms with van der Waals surface area (Å²) in [5, 5.41) is 12.8. The van der Waals surface area contributed by atoms with E-state index in [1.165, 1.54) is 5.56 Å². The van der Waals surface area contributed by atoms with Gasteiger partial charge in [0.15, 0.2) is 5.96 Å². The first-order chi connectivity index (χ1) is 14.6. The Morgan fingerprint density at radius 3 is 2.32 bits per heavy atom. The van der Waals surface area contributed by atoms with Gasteiger partial charge in [0.1, 0.15) is 5.75 Å². The molecule has 8 heteroatoms. The second kappa shape index (κ2) is 13.1. The van der Waals surface area contributed by atoms with Crippen LogP contribution in [-0.4, -0.2) is 90.1 Å². The summed E-state index contributed by atoms with van der Waals surface area (Å²) in [4.78, 5) is 24.2. The zero-order valence-electron chi connectivity index (χ0n) is 18.9. The number of likely N-dealkylation sites (tertiary alicyclic amines) is 1. The molecule has 0 spiro atoms. The zero-order valence-corrected chi connectivity index (χ0v) is 21.3. The minimum atomic E-state index is -0.0323. The van der Waals surface area contributed by atoms with Crippen LogP contribution in [0, 0.1) is 0 Å². The van der Waals surface area contributed by atoms with E-state index in [2.05, 4.69) is 29.0 Å². The maximum atomic E-state index is 12.7. The number of nitrogens with one attached hydrogen (secondary N) is 1. The molecule has 0 aliphatic carbocycles. The van der Waals surface area contributed by atoms with Crippen molar-refractivity contribution in [1.82, 2.24) is 20.0 Å². The number of nitrogens with zero attached hydrogens (tertiary/aromatic N) is 4. The average Bonchev–Trinajstić information content (AvgIpc) is 3.31. The number of aromatic hydroxyl groups is 1. The molecule has 2 fully saturated rings. The quantitative estimate of drug-likeness (QED) is 0.240. The highest BCUT2D eigenvalue weighted by Crippen LogP contribution is 2.14. The Morgan fingerprint density at radius 1 is 1.06 bits per heavy atom. The summed E-state index contributed by atoms with van der Waals surface area (Å²) in [5.41, 5.74) is 1.22. The Kier molecular flexibility index (Phi) is 10.9. The lowest BCUT2D eigenvalue weighted by molar-refractivity contribution is -0.135. The molecule has 2 N–H and O–H groups in total. The third-order valence-corrected chi connectivity index (χ3v) is 6.09. The maximum absolute atomic E-state index is 12.7. The molecule has 0 bridgehead atoms. The fourth-order valence-electron chi connectivity index (χ4n) is 4.24. The molecule has 2 aliphatic rings. The molecule has 7 nitrogen and oxygen atoms in total. The number of aliphatic imine (C=N–C) groups is 1. The normalized spacial score (nSPS) is 18.6. The van der Waals surface area contributed by atoms with E-state index in [1.807, 2.05) is 17.0 Å². The van der Waals surface area contributed by atoms with E-state index in [-0.39, 0.29) is 35.9 Å². The van der Waals surface area contributed by atoms with Gasteiger partial charge in [0.25, 0.3) is 0 Å². The second-order valence-corrected chi connectivity index (χ2v) is 8.24. The number of piperazine rings is 1. The van der Waals surface area contributed by atoms with Crippen LogP contribution in [0.5, 0.6) is 5.75 Å². The number of hydrogen-bond donors (Lipinski definition) is 2. The van der Waals surface area contributed by atoms with E-state index in [1.54, 1.807) is 12.1 Å². The van der Waals surface area contributed by atoms with Crippen molar-refractivity contribution in [3.63, 3.8) is 0 Å². The van der Waals surface area contributed by atoms with Crippen LogP contribution < -0.4 is 5.32 Å². The number of phenolic OH excluding ortho intramolecular Hbond substituents is 1. The highest BCUT2D eigenvalue weighted by molar-refractivity contribution is 14.0. The van der Waals surface area contributed by atoms with E-state index >= 15 is 0 Å². The minimum Gasteiger partial charge on any atom is -0.508 e. The number of carbonyl (C=O) groups excluding carboxylic acids is 1. The molecule has 3 rings (SSSR count). The summed E-state index contributed by atoms with van der Waals surface area (Å²) in [5.74, 6) is 1.57. The van der Waals surface area contributed by atoms with Gasteiger partial charge in [-0.1, -0.05) is 12.1 Å². The van der Waals surface area contributed by atoms with Crippen LogP contribution in [0.3, 0.4) is 0 Å². The Labute approximate surface area is 203 Å². The number of rotatable bonds is 7. The van der Waals surface area contributed by atoms with Gasteiger partial charge in [-0.3, -0.25) is 14.7 Å². The van der Waals surface area contributed by atoms with Crippen molar-refractivity contribution in [3.8, 4) is 5.75 Å². The van der Waals surface area contributed by atoms with Crippen LogP contribution in [0.25, 0.3) is 0 Å².